The summed E-state index contributed by atoms with van der Waals surface area (Å²) in [6, 6.07) is 13.3. The molecule has 154 valence electrons. The number of nitrogens with zero attached hydrogens (tertiary/aromatic N) is 4. The molecule has 7 nitrogen and oxygen atoms in total. The number of hydrogen-bond donors (Lipinski definition) is 1. The summed E-state index contributed by atoms with van der Waals surface area (Å²) < 4.78 is 0. The van der Waals surface area contributed by atoms with Crippen LogP contribution in [-0.4, -0.2) is 37.7 Å². The summed E-state index contributed by atoms with van der Waals surface area (Å²) in [5.41, 5.74) is 10.8. The topological polar surface area (TPSA) is 94.1 Å². The molecular formula is C23H25N5O2. The van der Waals surface area contributed by atoms with Crippen LogP contribution in [0.25, 0.3) is 5.69 Å². The molecule has 7 heteroatoms. The van der Waals surface area contributed by atoms with E-state index < -0.39 is 5.91 Å². The molecule has 1 saturated carbocycles. The lowest BCUT2D eigenvalue weighted by Gasteiger charge is -2.21. The first-order valence-corrected chi connectivity index (χ1v) is 10.0. The monoisotopic (exact) mass is 403 g/mol. The van der Waals surface area contributed by atoms with Crippen molar-refractivity contribution in [1.82, 2.24) is 19.9 Å². The van der Waals surface area contributed by atoms with E-state index in [-0.39, 0.29) is 11.9 Å². The highest BCUT2D eigenvalue weighted by atomic mass is 16.2. The van der Waals surface area contributed by atoms with E-state index in [1.165, 1.54) is 5.56 Å². The van der Waals surface area contributed by atoms with Gasteiger partial charge in [-0.2, -0.15) is 9.90 Å². The minimum absolute atomic E-state index is 0.120. The van der Waals surface area contributed by atoms with E-state index in [4.69, 9.17) is 5.73 Å². The smallest absolute Gasteiger partial charge is 0.276 e. The third-order valence-electron chi connectivity index (χ3n) is 5.39. The summed E-state index contributed by atoms with van der Waals surface area (Å²) in [5.74, 6) is -0.583. The molecule has 0 bridgehead atoms. The number of amides is 2. The molecule has 2 amide bonds. The summed E-state index contributed by atoms with van der Waals surface area (Å²) in [4.78, 5) is 28.0. The number of aromatic nitrogens is 3. The average Bonchev–Trinajstić information content (AvgIpc) is 3.47. The minimum Gasteiger partial charge on any atom is -0.366 e. The standard InChI is InChI=1S/C23H25N5O2/c1-14-4-11-20(15(2)12-14)28-25-16(3)21(26-28)23(30)27(19-9-10-19)13-17-5-7-18(8-6-17)22(24)29/h4-8,11-12,19H,9-10,13H2,1-3H3,(H2,24,29). The molecule has 0 saturated heterocycles. The fraction of sp³-hybridized carbons (Fsp3) is 0.304. The second-order valence-corrected chi connectivity index (χ2v) is 7.94. The number of nitrogens with two attached hydrogens (primary N) is 1. The predicted molar refractivity (Wildman–Crippen MR) is 113 cm³/mol. The van der Waals surface area contributed by atoms with Crippen molar-refractivity contribution in [2.75, 3.05) is 0 Å². The van der Waals surface area contributed by atoms with Crippen molar-refractivity contribution in [3.63, 3.8) is 0 Å². The maximum atomic E-state index is 13.3. The molecule has 0 unspecified atom stereocenters. The van der Waals surface area contributed by atoms with Crippen LogP contribution in [0.15, 0.2) is 42.5 Å². The zero-order chi connectivity index (χ0) is 21.4. The Morgan fingerprint density at radius 3 is 2.37 bits per heavy atom. The van der Waals surface area contributed by atoms with Gasteiger partial charge in [0.2, 0.25) is 5.91 Å². The van der Waals surface area contributed by atoms with Crippen molar-refractivity contribution in [1.29, 1.82) is 0 Å². The van der Waals surface area contributed by atoms with E-state index in [0.717, 1.165) is 29.7 Å². The first kappa shape index (κ1) is 19.8. The molecule has 30 heavy (non-hydrogen) atoms. The lowest BCUT2D eigenvalue weighted by molar-refractivity contribution is 0.0722. The van der Waals surface area contributed by atoms with Crippen LogP contribution in [0.3, 0.4) is 0 Å². The Bertz CT molecular complexity index is 1110. The van der Waals surface area contributed by atoms with Crippen molar-refractivity contribution in [2.24, 2.45) is 5.73 Å². The Morgan fingerprint density at radius 2 is 1.77 bits per heavy atom. The fourth-order valence-corrected chi connectivity index (χ4v) is 3.57. The molecule has 2 N–H and O–H groups in total. The molecule has 1 aromatic heterocycles. The van der Waals surface area contributed by atoms with E-state index in [1.54, 1.807) is 16.9 Å². The molecule has 1 aliphatic carbocycles. The lowest BCUT2D eigenvalue weighted by Crippen LogP contribution is -2.33. The molecule has 1 heterocycles. The zero-order valence-corrected chi connectivity index (χ0v) is 17.4. The molecule has 1 aliphatic rings. The van der Waals surface area contributed by atoms with Crippen LogP contribution in [0.5, 0.6) is 0 Å². The number of primary amides is 1. The van der Waals surface area contributed by atoms with Crippen LogP contribution in [0.2, 0.25) is 0 Å². The highest BCUT2D eigenvalue weighted by Crippen LogP contribution is 2.30. The van der Waals surface area contributed by atoms with Gasteiger partial charge in [-0.25, -0.2) is 0 Å². The first-order valence-electron chi connectivity index (χ1n) is 10.0. The summed E-state index contributed by atoms with van der Waals surface area (Å²) >= 11 is 0. The lowest BCUT2D eigenvalue weighted by atomic mass is 10.1. The normalized spacial score (nSPS) is 13.3. The summed E-state index contributed by atoms with van der Waals surface area (Å²) in [6.45, 7) is 6.32. The Morgan fingerprint density at radius 1 is 1.07 bits per heavy atom. The van der Waals surface area contributed by atoms with Crippen LogP contribution in [-0.2, 0) is 6.54 Å². The van der Waals surface area contributed by atoms with Gasteiger partial charge >= 0.3 is 0 Å². The van der Waals surface area contributed by atoms with E-state index in [2.05, 4.69) is 16.3 Å². The van der Waals surface area contributed by atoms with Gasteiger partial charge in [-0.05, 0) is 62.9 Å². The maximum absolute atomic E-state index is 13.3. The van der Waals surface area contributed by atoms with Gasteiger partial charge < -0.3 is 10.6 Å². The molecule has 0 atom stereocenters. The Kier molecular flexibility index (Phi) is 5.11. The minimum atomic E-state index is -0.463. The van der Waals surface area contributed by atoms with Gasteiger partial charge in [-0.1, -0.05) is 29.8 Å². The van der Waals surface area contributed by atoms with Crippen LogP contribution >= 0.6 is 0 Å². The van der Waals surface area contributed by atoms with Crippen LogP contribution < -0.4 is 5.73 Å². The number of benzene rings is 2. The van der Waals surface area contributed by atoms with Gasteiger partial charge in [0, 0.05) is 18.2 Å². The number of carbonyl (C=O) groups excluding carboxylic acids is 2. The van der Waals surface area contributed by atoms with Gasteiger partial charge in [-0.15, -0.1) is 5.10 Å². The Labute approximate surface area is 175 Å². The quantitative estimate of drug-likeness (QED) is 0.684. The number of aryl methyl sites for hydroxylation is 3. The Balaban J connectivity index is 1.60. The molecule has 3 aromatic rings. The average molecular weight is 403 g/mol. The van der Waals surface area contributed by atoms with Crippen molar-refractivity contribution in [3.05, 3.63) is 76.1 Å². The van der Waals surface area contributed by atoms with Gasteiger partial charge in [-0.3, -0.25) is 9.59 Å². The molecule has 4 rings (SSSR count). The first-order chi connectivity index (χ1) is 14.3. The third kappa shape index (κ3) is 3.96. The molecule has 0 spiro atoms. The molecule has 0 aliphatic heterocycles. The summed E-state index contributed by atoms with van der Waals surface area (Å²) in [6.07, 6.45) is 1.96. The highest BCUT2D eigenvalue weighted by molar-refractivity contribution is 5.94. The van der Waals surface area contributed by atoms with E-state index in [0.29, 0.717) is 23.5 Å². The van der Waals surface area contributed by atoms with Gasteiger partial charge in [0.15, 0.2) is 5.69 Å². The number of rotatable bonds is 6. The van der Waals surface area contributed by atoms with Gasteiger partial charge in [0.05, 0.1) is 11.4 Å². The van der Waals surface area contributed by atoms with Gasteiger partial charge in [0.1, 0.15) is 0 Å². The van der Waals surface area contributed by atoms with Crippen molar-refractivity contribution >= 4 is 11.8 Å². The second kappa shape index (κ2) is 7.74. The van der Waals surface area contributed by atoms with Crippen molar-refractivity contribution < 1.29 is 9.59 Å². The van der Waals surface area contributed by atoms with Crippen LogP contribution in [0.1, 0.15) is 56.1 Å². The third-order valence-corrected chi connectivity index (χ3v) is 5.39. The maximum Gasteiger partial charge on any atom is 0.276 e. The van der Waals surface area contributed by atoms with Crippen molar-refractivity contribution in [2.45, 2.75) is 46.2 Å². The van der Waals surface area contributed by atoms with Crippen LogP contribution in [0.4, 0.5) is 0 Å². The molecular weight excluding hydrogens is 378 g/mol. The van der Waals surface area contributed by atoms with Crippen LogP contribution in [0, 0.1) is 20.8 Å². The van der Waals surface area contributed by atoms with Crippen molar-refractivity contribution in [3.8, 4) is 5.69 Å². The SMILES string of the molecule is Cc1ccc(-n2nc(C)c(C(=O)N(Cc3ccc(C(N)=O)cc3)C3CC3)n2)c(C)c1. The number of hydrogen-bond acceptors (Lipinski definition) is 4. The highest BCUT2D eigenvalue weighted by Gasteiger charge is 2.35. The number of carbonyl (C=O) groups is 2. The molecule has 1 fully saturated rings. The van der Waals surface area contributed by atoms with E-state index >= 15 is 0 Å². The second-order valence-electron chi connectivity index (χ2n) is 7.94. The van der Waals surface area contributed by atoms with E-state index in [1.807, 2.05) is 49.9 Å². The zero-order valence-electron chi connectivity index (χ0n) is 17.4. The Hall–Kier alpha value is -3.48. The summed E-state index contributed by atoms with van der Waals surface area (Å²) in [5, 5.41) is 9.03. The summed E-state index contributed by atoms with van der Waals surface area (Å²) in [7, 11) is 0. The predicted octanol–water partition coefficient (Wildman–Crippen LogP) is 3.10. The van der Waals surface area contributed by atoms with Gasteiger partial charge in [0.25, 0.3) is 5.91 Å². The fourth-order valence-electron chi connectivity index (χ4n) is 3.57. The largest absolute Gasteiger partial charge is 0.366 e. The van der Waals surface area contributed by atoms with E-state index in [9.17, 15) is 9.59 Å². The molecule has 2 aromatic carbocycles. The molecule has 0 radical (unpaired) electrons.